The predicted octanol–water partition coefficient (Wildman–Crippen LogP) is 3.34. The van der Waals surface area contributed by atoms with Gasteiger partial charge in [0.1, 0.15) is 5.82 Å². The number of hydrogen-bond donors (Lipinski definition) is 0. The van der Waals surface area contributed by atoms with E-state index in [9.17, 15) is 8.42 Å². The molecular formula is C19H22N6O3S3. The summed E-state index contributed by atoms with van der Waals surface area (Å²) in [5, 5.41) is 11.7. The van der Waals surface area contributed by atoms with E-state index in [4.69, 9.17) is 4.42 Å². The van der Waals surface area contributed by atoms with Crippen LogP contribution in [0.2, 0.25) is 0 Å². The van der Waals surface area contributed by atoms with E-state index >= 15 is 0 Å². The molecule has 0 aliphatic rings. The highest BCUT2D eigenvalue weighted by Crippen LogP contribution is 2.27. The van der Waals surface area contributed by atoms with E-state index in [1.54, 1.807) is 29.5 Å². The Kier molecular flexibility index (Phi) is 6.15. The standard InChI is InChI=1S/C19H22N6O3S3/c1-5-25-16-7-6-14(31(26,27)24(3)4)9-15(16)21-17(25)11-30-19-23-22-18(28-19)8-13-10-29-12(2)20-13/h6-7,9-10H,5,8,11H2,1-4H3. The van der Waals surface area contributed by atoms with Crippen LogP contribution in [0.3, 0.4) is 0 Å². The van der Waals surface area contributed by atoms with Crippen LogP contribution >= 0.6 is 23.1 Å². The summed E-state index contributed by atoms with van der Waals surface area (Å²) < 4.78 is 33.9. The molecule has 3 heterocycles. The van der Waals surface area contributed by atoms with E-state index in [-0.39, 0.29) is 4.90 Å². The monoisotopic (exact) mass is 478 g/mol. The average Bonchev–Trinajstić information content (AvgIpc) is 3.44. The van der Waals surface area contributed by atoms with Gasteiger partial charge >= 0.3 is 0 Å². The van der Waals surface area contributed by atoms with Gasteiger partial charge in [-0.25, -0.2) is 22.7 Å². The molecule has 0 saturated heterocycles. The second kappa shape index (κ2) is 8.69. The molecule has 4 rings (SSSR count). The largest absolute Gasteiger partial charge is 0.416 e. The molecule has 9 nitrogen and oxygen atoms in total. The van der Waals surface area contributed by atoms with Crippen molar-refractivity contribution in [2.45, 2.75) is 42.7 Å². The van der Waals surface area contributed by atoms with Gasteiger partial charge in [-0.05, 0) is 32.0 Å². The smallest absolute Gasteiger partial charge is 0.277 e. The first kappa shape index (κ1) is 21.9. The summed E-state index contributed by atoms with van der Waals surface area (Å²) in [6.45, 7) is 4.70. The lowest BCUT2D eigenvalue weighted by Crippen LogP contribution is -2.22. The van der Waals surface area contributed by atoms with E-state index in [1.165, 1.54) is 30.2 Å². The molecule has 0 N–H and O–H groups in total. The Hall–Kier alpha value is -2.28. The van der Waals surface area contributed by atoms with Crippen molar-refractivity contribution in [2.24, 2.45) is 0 Å². The predicted molar refractivity (Wildman–Crippen MR) is 120 cm³/mol. The first-order valence-electron chi connectivity index (χ1n) is 9.55. The number of rotatable bonds is 8. The Morgan fingerprint density at radius 2 is 2.03 bits per heavy atom. The molecule has 31 heavy (non-hydrogen) atoms. The van der Waals surface area contributed by atoms with E-state index in [2.05, 4.69) is 24.7 Å². The van der Waals surface area contributed by atoms with Gasteiger partial charge in [-0.1, -0.05) is 11.8 Å². The molecule has 12 heteroatoms. The Labute approximate surface area is 188 Å². The molecule has 4 aromatic rings. The number of nitrogens with zero attached hydrogens (tertiary/aromatic N) is 6. The van der Waals surface area contributed by atoms with Gasteiger partial charge in [0, 0.05) is 26.0 Å². The maximum Gasteiger partial charge on any atom is 0.277 e. The van der Waals surface area contributed by atoms with Crippen molar-refractivity contribution in [1.82, 2.24) is 29.0 Å². The lowest BCUT2D eigenvalue weighted by molar-refractivity contribution is 0.419. The van der Waals surface area contributed by atoms with Crippen LogP contribution in [0.25, 0.3) is 11.0 Å². The number of aryl methyl sites for hydroxylation is 2. The topological polar surface area (TPSA) is 107 Å². The maximum atomic E-state index is 12.4. The Balaban J connectivity index is 1.53. The first-order chi connectivity index (χ1) is 14.8. The van der Waals surface area contributed by atoms with Gasteiger partial charge in [0.25, 0.3) is 5.22 Å². The minimum atomic E-state index is -3.51. The number of benzene rings is 1. The van der Waals surface area contributed by atoms with Crippen molar-refractivity contribution in [3.63, 3.8) is 0 Å². The highest BCUT2D eigenvalue weighted by molar-refractivity contribution is 7.98. The average molecular weight is 479 g/mol. The maximum absolute atomic E-state index is 12.4. The third-order valence-electron chi connectivity index (χ3n) is 4.67. The Bertz CT molecular complexity index is 1320. The van der Waals surface area contributed by atoms with Crippen LogP contribution in [-0.2, 0) is 28.7 Å². The van der Waals surface area contributed by atoms with Gasteiger partial charge in [-0.3, -0.25) is 0 Å². The Morgan fingerprint density at radius 3 is 2.71 bits per heavy atom. The molecule has 0 bridgehead atoms. The lowest BCUT2D eigenvalue weighted by Gasteiger charge is -2.11. The molecule has 3 aromatic heterocycles. The van der Waals surface area contributed by atoms with Crippen molar-refractivity contribution in [2.75, 3.05) is 14.1 Å². The minimum absolute atomic E-state index is 0.226. The van der Waals surface area contributed by atoms with Crippen LogP contribution in [0.1, 0.15) is 29.3 Å². The first-order valence-corrected chi connectivity index (χ1v) is 12.9. The fourth-order valence-corrected chi connectivity index (χ4v) is 5.39. The van der Waals surface area contributed by atoms with Crippen LogP contribution < -0.4 is 0 Å². The summed E-state index contributed by atoms with van der Waals surface area (Å²) in [7, 11) is -0.486. The quantitative estimate of drug-likeness (QED) is 0.355. The van der Waals surface area contributed by atoms with Crippen molar-refractivity contribution >= 4 is 44.2 Å². The molecule has 0 radical (unpaired) electrons. The molecule has 0 saturated carbocycles. The zero-order chi connectivity index (χ0) is 22.2. The molecule has 1 aromatic carbocycles. The number of sulfonamides is 1. The van der Waals surface area contributed by atoms with E-state index in [1.807, 2.05) is 19.2 Å². The van der Waals surface area contributed by atoms with Gasteiger partial charge in [-0.2, -0.15) is 0 Å². The summed E-state index contributed by atoms with van der Waals surface area (Å²) in [6.07, 6.45) is 0.508. The van der Waals surface area contributed by atoms with Crippen molar-refractivity contribution in [3.05, 3.63) is 46.0 Å². The molecule has 0 amide bonds. The molecule has 0 fully saturated rings. The summed E-state index contributed by atoms with van der Waals surface area (Å²) in [5.74, 6) is 1.86. The van der Waals surface area contributed by atoms with Gasteiger partial charge in [0.2, 0.25) is 15.9 Å². The molecule has 0 atom stereocenters. The second-order valence-electron chi connectivity index (χ2n) is 7.00. The van der Waals surface area contributed by atoms with E-state index in [0.29, 0.717) is 35.3 Å². The molecule has 0 aliphatic carbocycles. The fourth-order valence-electron chi connectivity index (χ4n) is 3.13. The van der Waals surface area contributed by atoms with Gasteiger partial charge in [0.05, 0.1) is 38.8 Å². The second-order valence-corrected chi connectivity index (χ2v) is 11.1. The SMILES string of the molecule is CCn1c(CSc2nnc(Cc3csc(C)n3)o2)nc2cc(S(=O)(=O)N(C)C)ccc21. The van der Waals surface area contributed by atoms with Crippen molar-refractivity contribution in [3.8, 4) is 0 Å². The van der Waals surface area contributed by atoms with Gasteiger partial charge in [-0.15, -0.1) is 21.5 Å². The third-order valence-corrected chi connectivity index (χ3v) is 8.11. The van der Waals surface area contributed by atoms with Gasteiger partial charge in [0.15, 0.2) is 0 Å². The van der Waals surface area contributed by atoms with E-state index in [0.717, 1.165) is 22.0 Å². The number of fused-ring (bicyclic) bond motifs is 1. The van der Waals surface area contributed by atoms with E-state index < -0.39 is 10.0 Å². The highest BCUT2D eigenvalue weighted by Gasteiger charge is 2.20. The Morgan fingerprint density at radius 1 is 1.23 bits per heavy atom. The number of aromatic nitrogens is 5. The molecule has 0 aliphatic heterocycles. The highest BCUT2D eigenvalue weighted by atomic mass is 32.2. The number of imidazole rings is 1. The number of thioether (sulfide) groups is 1. The molecule has 164 valence electrons. The molecule has 0 spiro atoms. The molecular weight excluding hydrogens is 456 g/mol. The normalized spacial score (nSPS) is 12.3. The fraction of sp³-hybridized carbons (Fsp3) is 0.368. The minimum Gasteiger partial charge on any atom is -0.416 e. The summed E-state index contributed by atoms with van der Waals surface area (Å²) in [6, 6.07) is 5.04. The van der Waals surface area contributed by atoms with Crippen molar-refractivity contribution in [1.29, 1.82) is 0 Å². The summed E-state index contributed by atoms with van der Waals surface area (Å²) in [4.78, 5) is 9.31. The summed E-state index contributed by atoms with van der Waals surface area (Å²) >= 11 is 2.99. The van der Waals surface area contributed by atoms with Crippen LogP contribution in [0.4, 0.5) is 0 Å². The molecule has 0 unspecified atom stereocenters. The third kappa shape index (κ3) is 4.52. The van der Waals surface area contributed by atoms with Crippen LogP contribution in [-0.4, -0.2) is 51.6 Å². The number of hydrogen-bond acceptors (Lipinski definition) is 9. The zero-order valence-corrected chi connectivity index (χ0v) is 20.0. The van der Waals surface area contributed by atoms with Crippen LogP contribution in [0.5, 0.6) is 0 Å². The van der Waals surface area contributed by atoms with Gasteiger partial charge < -0.3 is 8.98 Å². The lowest BCUT2D eigenvalue weighted by atomic mass is 10.3. The number of thiazole rings is 1. The van der Waals surface area contributed by atoms with Crippen LogP contribution in [0.15, 0.2) is 38.1 Å². The van der Waals surface area contributed by atoms with Crippen LogP contribution in [0, 0.1) is 6.92 Å². The van der Waals surface area contributed by atoms with Crippen molar-refractivity contribution < 1.29 is 12.8 Å². The summed E-state index contributed by atoms with van der Waals surface area (Å²) in [5.41, 5.74) is 2.45. The zero-order valence-electron chi connectivity index (χ0n) is 17.6.